The van der Waals surface area contributed by atoms with Gasteiger partial charge in [-0.15, -0.1) is 0 Å². The standard InChI is InChI=1S/C20H20FIN4O2/c1-26-19-14(3-2-8-23-19)18(17(27)10-24-28-11-12-4-5-12)20(26)25-16-7-6-13(22)9-15(16)21/h2-3,6-9,12,24-25H,4-5,10-11H2,1H3. The zero-order valence-corrected chi connectivity index (χ0v) is 17.5. The van der Waals surface area contributed by atoms with E-state index in [9.17, 15) is 9.18 Å². The monoisotopic (exact) mass is 494 g/mol. The van der Waals surface area contributed by atoms with Crippen molar-refractivity contribution >= 4 is 50.9 Å². The Morgan fingerprint density at radius 1 is 1.39 bits per heavy atom. The van der Waals surface area contributed by atoms with Crippen molar-refractivity contribution in [1.29, 1.82) is 0 Å². The summed E-state index contributed by atoms with van der Waals surface area (Å²) in [7, 11) is 1.80. The normalized spacial score (nSPS) is 13.8. The summed E-state index contributed by atoms with van der Waals surface area (Å²) < 4.78 is 16.9. The third-order valence-electron chi connectivity index (χ3n) is 4.76. The molecule has 1 saturated carbocycles. The summed E-state index contributed by atoms with van der Waals surface area (Å²) in [6, 6.07) is 8.54. The highest BCUT2D eigenvalue weighted by Gasteiger charge is 2.24. The molecule has 3 aromatic rings. The molecule has 8 heteroatoms. The van der Waals surface area contributed by atoms with Crippen LogP contribution in [0.2, 0.25) is 0 Å². The van der Waals surface area contributed by atoms with Crippen LogP contribution >= 0.6 is 22.6 Å². The molecular formula is C20H20FIN4O2. The Labute approximate surface area is 175 Å². The molecule has 146 valence electrons. The number of aromatic nitrogens is 2. The molecule has 1 aliphatic carbocycles. The second-order valence-corrected chi connectivity index (χ2v) is 8.15. The first-order valence-electron chi connectivity index (χ1n) is 9.08. The van der Waals surface area contributed by atoms with E-state index in [1.54, 1.807) is 29.9 Å². The summed E-state index contributed by atoms with van der Waals surface area (Å²) in [4.78, 5) is 22.7. The van der Waals surface area contributed by atoms with Gasteiger partial charge in [0.05, 0.1) is 24.4 Å². The fourth-order valence-electron chi connectivity index (χ4n) is 3.07. The Morgan fingerprint density at radius 3 is 2.96 bits per heavy atom. The molecule has 6 nitrogen and oxygen atoms in total. The van der Waals surface area contributed by atoms with Crippen LogP contribution in [0.15, 0.2) is 36.5 Å². The minimum atomic E-state index is -0.380. The molecule has 0 amide bonds. The molecule has 0 radical (unpaired) electrons. The molecule has 0 saturated heterocycles. The number of benzene rings is 1. The van der Waals surface area contributed by atoms with E-state index in [1.807, 2.05) is 12.1 Å². The van der Waals surface area contributed by atoms with Gasteiger partial charge in [-0.2, -0.15) is 5.48 Å². The summed E-state index contributed by atoms with van der Waals surface area (Å²) in [6.07, 6.45) is 4.03. The van der Waals surface area contributed by atoms with Crippen molar-refractivity contribution in [2.24, 2.45) is 13.0 Å². The lowest BCUT2D eigenvalue weighted by molar-refractivity contribution is 0.0336. The topological polar surface area (TPSA) is 68.2 Å². The lowest BCUT2D eigenvalue weighted by Crippen LogP contribution is -2.24. The van der Waals surface area contributed by atoms with Gasteiger partial charge in [0.1, 0.15) is 17.3 Å². The molecule has 1 fully saturated rings. The minimum absolute atomic E-state index is 0.0323. The number of nitrogens with zero attached hydrogens (tertiary/aromatic N) is 2. The number of Topliss-reactive ketones (excluding diaryl/α,β-unsaturated/α-hetero) is 1. The molecule has 28 heavy (non-hydrogen) atoms. The predicted octanol–water partition coefficient (Wildman–Crippen LogP) is 4.17. The molecular weight excluding hydrogens is 474 g/mol. The fourth-order valence-corrected chi connectivity index (χ4v) is 3.53. The number of hydrogen-bond acceptors (Lipinski definition) is 5. The van der Waals surface area contributed by atoms with E-state index >= 15 is 0 Å². The number of hydrogen-bond donors (Lipinski definition) is 2. The summed E-state index contributed by atoms with van der Waals surface area (Å²) in [6.45, 7) is 0.647. The van der Waals surface area contributed by atoms with Gasteiger partial charge >= 0.3 is 0 Å². The molecule has 2 aromatic heterocycles. The number of pyridine rings is 1. The second kappa shape index (κ2) is 8.14. The summed E-state index contributed by atoms with van der Waals surface area (Å²) in [5, 5.41) is 3.80. The maximum Gasteiger partial charge on any atom is 0.183 e. The zero-order valence-electron chi connectivity index (χ0n) is 15.3. The average molecular weight is 494 g/mol. The van der Waals surface area contributed by atoms with Gasteiger partial charge in [-0.25, -0.2) is 9.37 Å². The van der Waals surface area contributed by atoms with Gasteiger partial charge in [0.2, 0.25) is 0 Å². The van der Waals surface area contributed by atoms with Crippen molar-refractivity contribution in [3.05, 3.63) is 51.5 Å². The van der Waals surface area contributed by atoms with Crippen LogP contribution in [-0.2, 0) is 11.9 Å². The lowest BCUT2D eigenvalue weighted by Gasteiger charge is -2.12. The number of carbonyl (C=O) groups excluding carboxylic acids is 1. The highest BCUT2D eigenvalue weighted by atomic mass is 127. The summed E-state index contributed by atoms with van der Waals surface area (Å²) >= 11 is 2.06. The lowest BCUT2D eigenvalue weighted by atomic mass is 10.1. The molecule has 2 heterocycles. The number of carbonyl (C=O) groups is 1. The number of ketones is 1. The fraction of sp³-hybridized carbons (Fsp3) is 0.300. The number of nitrogens with one attached hydrogen (secondary N) is 2. The zero-order chi connectivity index (χ0) is 19.7. The van der Waals surface area contributed by atoms with Gasteiger partial charge in [0, 0.05) is 22.2 Å². The van der Waals surface area contributed by atoms with Crippen LogP contribution in [0.4, 0.5) is 15.9 Å². The van der Waals surface area contributed by atoms with Crippen molar-refractivity contribution in [3.8, 4) is 0 Å². The summed E-state index contributed by atoms with van der Waals surface area (Å²) in [5.41, 5.74) is 4.18. The highest BCUT2D eigenvalue weighted by molar-refractivity contribution is 14.1. The predicted molar refractivity (Wildman–Crippen MR) is 114 cm³/mol. The van der Waals surface area contributed by atoms with E-state index in [-0.39, 0.29) is 18.1 Å². The van der Waals surface area contributed by atoms with Crippen LogP contribution in [0.5, 0.6) is 0 Å². The molecule has 0 unspecified atom stereocenters. The first-order chi connectivity index (χ1) is 13.5. The highest BCUT2D eigenvalue weighted by Crippen LogP contribution is 2.32. The van der Waals surface area contributed by atoms with E-state index in [4.69, 9.17) is 4.84 Å². The van der Waals surface area contributed by atoms with Crippen LogP contribution in [-0.4, -0.2) is 28.5 Å². The molecule has 1 aliphatic rings. The molecule has 0 bridgehead atoms. The number of anilines is 2. The molecule has 0 atom stereocenters. The Kier molecular flexibility index (Phi) is 5.61. The molecule has 0 aliphatic heterocycles. The number of rotatable bonds is 8. The number of fused-ring (bicyclic) bond motifs is 1. The van der Waals surface area contributed by atoms with E-state index in [2.05, 4.69) is 38.4 Å². The third-order valence-corrected chi connectivity index (χ3v) is 5.43. The van der Waals surface area contributed by atoms with E-state index in [0.717, 1.165) is 3.57 Å². The van der Waals surface area contributed by atoms with Gasteiger partial charge in [-0.05, 0) is 71.7 Å². The quantitative estimate of drug-likeness (QED) is 0.213. The van der Waals surface area contributed by atoms with Crippen molar-refractivity contribution in [2.45, 2.75) is 12.8 Å². The maximum absolute atomic E-state index is 14.4. The van der Waals surface area contributed by atoms with E-state index in [1.165, 1.54) is 18.9 Å². The van der Waals surface area contributed by atoms with E-state index in [0.29, 0.717) is 40.6 Å². The first-order valence-corrected chi connectivity index (χ1v) is 10.2. The first kappa shape index (κ1) is 19.3. The minimum Gasteiger partial charge on any atom is -0.339 e. The second-order valence-electron chi connectivity index (χ2n) is 6.91. The molecule has 1 aromatic carbocycles. The Balaban J connectivity index is 1.65. The largest absolute Gasteiger partial charge is 0.339 e. The van der Waals surface area contributed by atoms with Crippen LogP contribution in [0.25, 0.3) is 11.0 Å². The number of aryl methyl sites for hydroxylation is 1. The third kappa shape index (κ3) is 4.03. The van der Waals surface area contributed by atoms with Crippen LogP contribution in [0.1, 0.15) is 23.2 Å². The molecule has 0 spiro atoms. The number of hydroxylamine groups is 1. The Morgan fingerprint density at radius 2 is 2.21 bits per heavy atom. The van der Waals surface area contributed by atoms with Gasteiger partial charge in [-0.1, -0.05) is 0 Å². The van der Waals surface area contributed by atoms with Gasteiger partial charge in [0.25, 0.3) is 0 Å². The maximum atomic E-state index is 14.4. The smallest absolute Gasteiger partial charge is 0.183 e. The number of halogens is 2. The average Bonchev–Trinajstić information content (AvgIpc) is 3.46. The molecule has 2 N–H and O–H groups in total. The Hall–Kier alpha value is -2.04. The van der Waals surface area contributed by atoms with Crippen LogP contribution < -0.4 is 10.8 Å². The van der Waals surface area contributed by atoms with Crippen molar-refractivity contribution in [3.63, 3.8) is 0 Å². The SMILES string of the molecule is Cn1c(Nc2ccc(I)cc2F)c(C(=O)CNOCC2CC2)c2cccnc21. The molecule has 4 rings (SSSR count). The van der Waals surface area contributed by atoms with Gasteiger partial charge < -0.3 is 14.7 Å². The van der Waals surface area contributed by atoms with Crippen molar-refractivity contribution in [1.82, 2.24) is 15.0 Å². The van der Waals surface area contributed by atoms with Crippen LogP contribution in [0.3, 0.4) is 0 Å². The van der Waals surface area contributed by atoms with Crippen molar-refractivity contribution < 1.29 is 14.0 Å². The van der Waals surface area contributed by atoms with Crippen LogP contribution in [0, 0.1) is 15.3 Å². The van der Waals surface area contributed by atoms with Crippen molar-refractivity contribution in [2.75, 3.05) is 18.5 Å². The summed E-state index contributed by atoms with van der Waals surface area (Å²) in [5.74, 6) is 0.575. The Bertz CT molecular complexity index is 1030. The van der Waals surface area contributed by atoms with E-state index < -0.39 is 0 Å². The van der Waals surface area contributed by atoms with Gasteiger partial charge in [0.15, 0.2) is 5.78 Å². The van der Waals surface area contributed by atoms with Gasteiger partial charge in [-0.3, -0.25) is 4.79 Å².